The number of Topliss-reactive ketones (excluding diaryl/α,β-unsaturated/α-hetero) is 1. The zero-order valence-electron chi connectivity index (χ0n) is 14.2. The number of ketones is 1. The Bertz CT molecular complexity index is 1130. The number of pyridine rings is 1. The molecule has 0 bridgehead atoms. The van der Waals surface area contributed by atoms with E-state index in [0.29, 0.717) is 33.6 Å². The Labute approximate surface area is 152 Å². The highest BCUT2D eigenvalue weighted by Crippen LogP contribution is 2.37. The molecule has 0 saturated carbocycles. The van der Waals surface area contributed by atoms with Crippen molar-refractivity contribution in [2.45, 2.75) is 6.92 Å². The van der Waals surface area contributed by atoms with Crippen LogP contribution < -0.4 is 4.74 Å². The number of imidazole rings is 1. The van der Waals surface area contributed by atoms with E-state index in [1.807, 2.05) is 16.2 Å². The van der Waals surface area contributed by atoms with Crippen LogP contribution in [0.1, 0.15) is 17.5 Å². The lowest BCUT2D eigenvalue weighted by Crippen LogP contribution is -1.99. The Morgan fingerprint density at radius 1 is 1.35 bits per heavy atom. The second-order valence-corrected chi connectivity index (χ2v) is 6.04. The first-order valence-electron chi connectivity index (χ1n) is 7.66. The largest absolute Gasteiger partial charge is 0.480 e. The number of rotatable bonds is 4. The molecule has 4 rings (SSSR count). The third-order valence-corrected chi connectivity index (χ3v) is 4.33. The highest BCUT2D eigenvalue weighted by atomic mass is 35.5. The van der Waals surface area contributed by atoms with E-state index in [4.69, 9.17) is 16.3 Å². The predicted molar refractivity (Wildman–Crippen MR) is 94.8 cm³/mol. The zero-order chi connectivity index (χ0) is 18.4. The van der Waals surface area contributed by atoms with E-state index < -0.39 is 0 Å². The number of nitrogens with zero attached hydrogens (tertiary/aromatic N) is 6. The lowest BCUT2D eigenvalue weighted by Gasteiger charge is -2.04. The van der Waals surface area contributed by atoms with Crippen molar-refractivity contribution in [3.05, 3.63) is 35.6 Å². The fourth-order valence-electron chi connectivity index (χ4n) is 2.84. The maximum absolute atomic E-state index is 11.6. The summed E-state index contributed by atoms with van der Waals surface area (Å²) in [4.78, 5) is 24.5. The van der Waals surface area contributed by atoms with Gasteiger partial charge in [0, 0.05) is 26.4 Å². The molecule has 1 N–H and O–H groups in total. The number of halogens is 1. The molecular weight excluding hydrogens is 358 g/mol. The summed E-state index contributed by atoms with van der Waals surface area (Å²) in [5.41, 5.74) is 2.79. The van der Waals surface area contributed by atoms with Crippen LogP contribution in [0.3, 0.4) is 0 Å². The van der Waals surface area contributed by atoms with Crippen LogP contribution >= 0.6 is 11.6 Å². The Morgan fingerprint density at radius 2 is 2.15 bits per heavy atom. The number of methoxy groups -OCH3 is 1. The standard InChI is InChI=1S/C16H14ClN7O2/c1-8(25)14-20-15(22-21-14)13-12(24-5-4-18-7-24)11-10(23(13)2)6-9(17)16(19-11)26-3/h4-7H,1-3H3,(H,20,21,22). The van der Waals surface area contributed by atoms with Crippen LogP contribution in [0, 0.1) is 0 Å². The van der Waals surface area contributed by atoms with Crippen molar-refractivity contribution in [1.82, 2.24) is 34.3 Å². The molecule has 0 fully saturated rings. The number of aromatic nitrogens is 7. The Balaban J connectivity index is 2.09. The second kappa shape index (κ2) is 5.95. The minimum absolute atomic E-state index is 0.186. The minimum Gasteiger partial charge on any atom is -0.480 e. The maximum atomic E-state index is 11.6. The molecule has 0 amide bonds. The van der Waals surface area contributed by atoms with Gasteiger partial charge in [-0.25, -0.2) is 15.0 Å². The van der Waals surface area contributed by atoms with E-state index in [9.17, 15) is 4.79 Å². The van der Waals surface area contributed by atoms with E-state index in [2.05, 4.69) is 25.1 Å². The highest BCUT2D eigenvalue weighted by Gasteiger charge is 2.24. The number of carbonyl (C=O) groups is 1. The molecule has 4 heterocycles. The number of H-pyrrole nitrogens is 1. The van der Waals surface area contributed by atoms with Crippen LogP contribution in [0.25, 0.3) is 28.2 Å². The van der Waals surface area contributed by atoms with Crippen LogP contribution in [0.2, 0.25) is 5.02 Å². The van der Waals surface area contributed by atoms with Crippen molar-refractivity contribution in [2.24, 2.45) is 7.05 Å². The summed E-state index contributed by atoms with van der Waals surface area (Å²) >= 11 is 6.25. The number of nitrogens with one attached hydrogen (secondary N) is 1. The summed E-state index contributed by atoms with van der Waals surface area (Å²) in [5.74, 6) is 0.673. The van der Waals surface area contributed by atoms with Gasteiger partial charge in [-0.3, -0.25) is 9.89 Å². The van der Waals surface area contributed by atoms with Gasteiger partial charge in [0.1, 0.15) is 21.9 Å². The summed E-state index contributed by atoms with van der Waals surface area (Å²) in [6.45, 7) is 1.43. The molecule has 0 aliphatic heterocycles. The molecule has 0 unspecified atom stereocenters. The molecule has 132 valence electrons. The van der Waals surface area contributed by atoms with Gasteiger partial charge in [0.15, 0.2) is 17.4 Å². The fourth-order valence-corrected chi connectivity index (χ4v) is 3.07. The molecule has 0 aromatic carbocycles. The van der Waals surface area contributed by atoms with Gasteiger partial charge in [-0.2, -0.15) is 5.10 Å². The van der Waals surface area contributed by atoms with E-state index in [1.54, 1.807) is 24.8 Å². The Hall–Kier alpha value is -3.20. The maximum Gasteiger partial charge on any atom is 0.233 e. The number of fused-ring (bicyclic) bond motifs is 1. The van der Waals surface area contributed by atoms with Gasteiger partial charge in [-0.15, -0.1) is 0 Å². The first kappa shape index (κ1) is 16.3. The molecule has 9 nitrogen and oxygen atoms in total. The van der Waals surface area contributed by atoms with Gasteiger partial charge < -0.3 is 13.9 Å². The molecule has 0 aliphatic carbocycles. The quantitative estimate of drug-likeness (QED) is 0.552. The third-order valence-electron chi connectivity index (χ3n) is 4.06. The summed E-state index contributed by atoms with van der Waals surface area (Å²) in [7, 11) is 3.36. The summed E-state index contributed by atoms with van der Waals surface area (Å²) in [6.07, 6.45) is 5.11. The van der Waals surface area contributed by atoms with Gasteiger partial charge >= 0.3 is 0 Å². The van der Waals surface area contributed by atoms with Crippen molar-refractivity contribution in [3.63, 3.8) is 0 Å². The van der Waals surface area contributed by atoms with Gasteiger partial charge in [-0.05, 0) is 6.07 Å². The molecule has 4 aromatic heterocycles. The summed E-state index contributed by atoms with van der Waals surface area (Å²) < 4.78 is 8.94. The van der Waals surface area contributed by atoms with Crippen LogP contribution in [0.15, 0.2) is 24.8 Å². The zero-order valence-corrected chi connectivity index (χ0v) is 14.9. The SMILES string of the molecule is COc1nc2c(-n3ccnc3)c(-c3n[nH]c(C(C)=O)n3)n(C)c2cc1Cl. The van der Waals surface area contributed by atoms with Crippen LogP contribution in [0.4, 0.5) is 0 Å². The lowest BCUT2D eigenvalue weighted by atomic mass is 10.3. The molecule has 26 heavy (non-hydrogen) atoms. The number of hydrogen-bond donors (Lipinski definition) is 1. The number of aryl methyl sites for hydroxylation is 1. The molecular formula is C16H14ClN7O2. The first-order valence-corrected chi connectivity index (χ1v) is 8.04. The number of carbonyl (C=O) groups excluding carboxylic acids is 1. The first-order chi connectivity index (χ1) is 12.5. The van der Waals surface area contributed by atoms with Crippen molar-refractivity contribution < 1.29 is 9.53 Å². The molecule has 0 saturated heterocycles. The van der Waals surface area contributed by atoms with Gasteiger partial charge in [-0.1, -0.05) is 11.6 Å². The van der Waals surface area contributed by atoms with Crippen molar-refractivity contribution >= 4 is 28.4 Å². The number of aromatic amines is 1. The van der Waals surface area contributed by atoms with E-state index in [0.717, 1.165) is 5.52 Å². The van der Waals surface area contributed by atoms with Crippen LogP contribution in [-0.2, 0) is 7.05 Å². The molecule has 10 heteroatoms. The smallest absolute Gasteiger partial charge is 0.233 e. The number of ether oxygens (including phenoxy) is 1. The summed E-state index contributed by atoms with van der Waals surface area (Å²) in [6, 6.07) is 1.77. The van der Waals surface area contributed by atoms with Gasteiger partial charge in [0.05, 0.1) is 19.0 Å². The average molecular weight is 372 g/mol. The lowest BCUT2D eigenvalue weighted by molar-refractivity contribution is 0.100. The predicted octanol–water partition coefficient (Wildman–Crippen LogP) is 2.41. The molecule has 0 atom stereocenters. The van der Waals surface area contributed by atoms with Crippen molar-refractivity contribution in [1.29, 1.82) is 0 Å². The van der Waals surface area contributed by atoms with Gasteiger partial charge in [0.2, 0.25) is 5.88 Å². The monoisotopic (exact) mass is 371 g/mol. The molecule has 0 radical (unpaired) electrons. The topological polar surface area (TPSA) is 104 Å². The van der Waals surface area contributed by atoms with Crippen molar-refractivity contribution in [2.75, 3.05) is 7.11 Å². The summed E-state index contributed by atoms with van der Waals surface area (Å²) in [5, 5.41) is 7.25. The van der Waals surface area contributed by atoms with Crippen LogP contribution in [-0.4, -0.2) is 47.2 Å². The van der Waals surface area contributed by atoms with E-state index >= 15 is 0 Å². The molecule has 0 aliphatic rings. The third kappa shape index (κ3) is 2.36. The van der Waals surface area contributed by atoms with E-state index in [1.165, 1.54) is 14.0 Å². The highest BCUT2D eigenvalue weighted by molar-refractivity contribution is 6.32. The molecule has 4 aromatic rings. The Kier molecular flexibility index (Phi) is 3.73. The average Bonchev–Trinajstić information content (AvgIpc) is 3.34. The normalized spacial score (nSPS) is 11.2. The Morgan fingerprint density at radius 3 is 2.77 bits per heavy atom. The van der Waals surface area contributed by atoms with Crippen LogP contribution in [0.5, 0.6) is 5.88 Å². The fraction of sp³-hybridized carbons (Fsp3) is 0.188. The minimum atomic E-state index is -0.200. The van der Waals surface area contributed by atoms with E-state index in [-0.39, 0.29) is 11.6 Å². The number of hydrogen-bond acceptors (Lipinski definition) is 6. The van der Waals surface area contributed by atoms with Gasteiger partial charge in [0.25, 0.3) is 0 Å². The van der Waals surface area contributed by atoms with Crippen molar-refractivity contribution in [3.8, 4) is 23.1 Å². The molecule has 0 spiro atoms. The second-order valence-electron chi connectivity index (χ2n) is 5.64.